The summed E-state index contributed by atoms with van der Waals surface area (Å²) < 4.78 is 27.4. The summed E-state index contributed by atoms with van der Waals surface area (Å²) in [5.74, 6) is 0.0248. The Balaban J connectivity index is 1.51. The monoisotopic (exact) mass is 420 g/mol. The van der Waals surface area contributed by atoms with Gasteiger partial charge in [-0.15, -0.1) is 11.3 Å². The van der Waals surface area contributed by atoms with Gasteiger partial charge in [-0.3, -0.25) is 4.79 Å². The molecule has 1 fully saturated rings. The number of likely N-dealkylation sites (N-methyl/N-ethyl adjacent to an activating group) is 1. The molecular formula is C21H28N2O3S2. The Morgan fingerprint density at radius 3 is 2.50 bits per heavy atom. The van der Waals surface area contributed by atoms with Crippen LogP contribution in [0.25, 0.3) is 0 Å². The van der Waals surface area contributed by atoms with Crippen LogP contribution in [0.1, 0.15) is 36.1 Å². The number of piperidine rings is 1. The molecular weight excluding hydrogens is 392 g/mol. The fourth-order valence-corrected chi connectivity index (χ4v) is 6.42. The number of benzene rings is 1. The van der Waals surface area contributed by atoms with Gasteiger partial charge in [0.05, 0.1) is 6.42 Å². The Morgan fingerprint density at radius 2 is 1.79 bits per heavy atom. The smallest absolute Gasteiger partial charge is 0.252 e. The van der Waals surface area contributed by atoms with Gasteiger partial charge in [-0.1, -0.05) is 36.8 Å². The second-order valence-corrected chi connectivity index (χ2v) is 10.6. The average Bonchev–Trinajstić information content (AvgIpc) is 3.18. The van der Waals surface area contributed by atoms with Crippen molar-refractivity contribution in [2.45, 2.75) is 42.7 Å². The molecule has 1 aromatic carbocycles. The van der Waals surface area contributed by atoms with Crippen molar-refractivity contribution in [2.24, 2.45) is 0 Å². The molecule has 1 aliphatic heterocycles. The lowest BCUT2D eigenvalue weighted by atomic mass is 10.1. The van der Waals surface area contributed by atoms with Crippen LogP contribution in [-0.2, 0) is 27.7 Å². The van der Waals surface area contributed by atoms with Crippen LogP contribution in [0.2, 0.25) is 0 Å². The van der Waals surface area contributed by atoms with E-state index >= 15 is 0 Å². The van der Waals surface area contributed by atoms with Crippen molar-refractivity contribution in [1.82, 2.24) is 9.21 Å². The average molecular weight is 421 g/mol. The molecule has 2 heterocycles. The molecule has 0 atom stereocenters. The number of sulfonamides is 1. The maximum Gasteiger partial charge on any atom is 0.252 e. The Bertz CT molecular complexity index is 872. The first-order valence-corrected chi connectivity index (χ1v) is 12.1. The third-order valence-corrected chi connectivity index (χ3v) is 8.55. The summed E-state index contributed by atoms with van der Waals surface area (Å²) in [5, 5.41) is 0. The van der Waals surface area contributed by atoms with E-state index in [2.05, 4.69) is 12.1 Å². The van der Waals surface area contributed by atoms with E-state index in [9.17, 15) is 13.2 Å². The number of thiophene rings is 1. The molecule has 1 aromatic heterocycles. The molecule has 0 unspecified atom stereocenters. The largest absolute Gasteiger partial charge is 0.345 e. The third-order valence-electron chi connectivity index (χ3n) is 5.10. The molecule has 0 aliphatic carbocycles. The summed E-state index contributed by atoms with van der Waals surface area (Å²) in [4.78, 5) is 15.0. The predicted molar refractivity (Wildman–Crippen MR) is 113 cm³/mol. The first-order valence-electron chi connectivity index (χ1n) is 9.83. The molecule has 152 valence electrons. The molecule has 0 radical (unpaired) electrons. The molecule has 28 heavy (non-hydrogen) atoms. The van der Waals surface area contributed by atoms with Crippen molar-refractivity contribution in [2.75, 3.05) is 26.7 Å². The number of hydrogen-bond donors (Lipinski definition) is 0. The molecule has 5 nitrogen and oxygen atoms in total. The summed E-state index contributed by atoms with van der Waals surface area (Å²) >= 11 is 1.22. The summed E-state index contributed by atoms with van der Waals surface area (Å²) in [6.07, 6.45) is 5.03. The fraction of sp³-hybridized carbons (Fsp3) is 0.476. The van der Waals surface area contributed by atoms with E-state index in [0.29, 0.717) is 23.8 Å². The van der Waals surface area contributed by atoms with Crippen LogP contribution in [0.3, 0.4) is 0 Å². The highest BCUT2D eigenvalue weighted by Gasteiger charge is 2.27. The Morgan fingerprint density at radius 1 is 1.07 bits per heavy atom. The van der Waals surface area contributed by atoms with Gasteiger partial charge in [-0.2, -0.15) is 4.31 Å². The summed E-state index contributed by atoms with van der Waals surface area (Å²) in [7, 11) is -1.60. The van der Waals surface area contributed by atoms with Crippen LogP contribution in [0, 0.1) is 0 Å². The van der Waals surface area contributed by atoms with Crippen LogP contribution >= 0.6 is 11.3 Å². The SMILES string of the molecule is CN(CCCc1ccccc1)C(=O)Cc1ccc(S(=O)(=O)N2CCCCC2)s1. The second-order valence-electron chi connectivity index (χ2n) is 7.27. The van der Waals surface area contributed by atoms with E-state index in [1.165, 1.54) is 16.9 Å². The minimum absolute atomic E-state index is 0.0248. The zero-order chi connectivity index (χ0) is 20.0. The van der Waals surface area contributed by atoms with E-state index in [0.717, 1.165) is 37.0 Å². The van der Waals surface area contributed by atoms with Gasteiger partial charge >= 0.3 is 0 Å². The predicted octanol–water partition coefficient (Wildman–Crippen LogP) is 3.56. The minimum atomic E-state index is -3.42. The molecule has 0 N–H and O–H groups in total. The number of rotatable bonds is 8. The fourth-order valence-electron chi connectivity index (χ4n) is 3.40. The Hall–Kier alpha value is -1.70. The maximum absolute atomic E-state index is 12.7. The van der Waals surface area contributed by atoms with Crippen molar-refractivity contribution >= 4 is 27.3 Å². The van der Waals surface area contributed by atoms with Crippen molar-refractivity contribution in [3.05, 3.63) is 52.9 Å². The molecule has 3 rings (SSSR count). The number of carbonyl (C=O) groups excluding carboxylic acids is 1. The van der Waals surface area contributed by atoms with Crippen molar-refractivity contribution in [1.29, 1.82) is 0 Å². The van der Waals surface area contributed by atoms with E-state index in [1.807, 2.05) is 25.2 Å². The molecule has 0 saturated carbocycles. The van der Waals surface area contributed by atoms with Gasteiger partial charge < -0.3 is 4.90 Å². The van der Waals surface area contributed by atoms with Crippen molar-refractivity contribution in [3.8, 4) is 0 Å². The molecule has 2 aromatic rings. The van der Waals surface area contributed by atoms with Crippen LogP contribution in [0.5, 0.6) is 0 Å². The first-order chi connectivity index (χ1) is 13.5. The van der Waals surface area contributed by atoms with E-state index in [-0.39, 0.29) is 12.3 Å². The minimum Gasteiger partial charge on any atom is -0.345 e. The molecule has 0 spiro atoms. The molecule has 1 aliphatic rings. The highest BCUT2D eigenvalue weighted by Crippen LogP contribution is 2.27. The lowest BCUT2D eigenvalue weighted by Gasteiger charge is -2.25. The summed E-state index contributed by atoms with van der Waals surface area (Å²) in [5.41, 5.74) is 1.27. The lowest BCUT2D eigenvalue weighted by molar-refractivity contribution is -0.129. The van der Waals surface area contributed by atoms with Crippen LogP contribution in [0.4, 0.5) is 0 Å². The molecule has 7 heteroatoms. The highest BCUT2D eigenvalue weighted by molar-refractivity contribution is 7.91. The van der Waals surface area contributed by atoms with Gasteiger partial charge in [0.1, 0.15) is 4.21 Å². The molecule has 1 saturated heterocycles. The topological polar surface area (TPSA) is 57.7 Å². The lowest BCUT2D eigenvalue weighted by Crippen LogP contribution is -2.35. The van der Waals surface area contributed by atoms with Crippen LogP contribution in [0.15, 0.2) is 46.7 Å². The van der Waals surface area contributed by atoms with E-state index in [4.69, 9.17) is 0 Å². The maximum atomic E-state index is 12.7. The Labute approximate surface area is 172 Å². The van der Waals surface area contributed by atoms with Gasteiger partial charge in [0, 0.05) is 31.6 Å². The standard InChI is InChI=1S/C21H28N2O3S2/c1-22(14-8-11-18-9-4-2-5-10-18)20(24)17-19-12-13-21(27-19)28(25,26)23-15-6-3-7-16-23/h2,4-5,9-10,12-13H,3,6-8,11,14-17H2,1H3. The van der Waals surface area contributed by atoms with Gasteiger partial charge in [0.15, 0.2) is 0 Å². The molecule has 1 amide bonds. The first kappa shape index (κ1) is 21.0. The van der Waals surface area contributed by atoms with Crippen LogP contribution in [-0.4, -0.2) is 50.2 Å². The van der Waals surface area contributed by atoms with E-state index in [1.54, 1.807) is 21.3 Å². The zero-order valence-corrected chi connectivity index (χ0v) is 18.0. The van der Waals surface area contributed by atoms with Gasteiger partial charge in [-0.25, -0.2) is 8.42 Å². The van der Waals surface area contributed by atoms with Gasteiger partial charge in [-0.05, 0) is 43.4 Å². The number of carbonyl (C=O) groups is 1. The van der Waals surface area contributed by atoms with Gasteiger partial charge in [0.25, 0.3) is 10.0 Å². The van der Waals surface area contributed by atoms with Crippen LogP contribution < -0.4 is 0 Å². The van der Waals surface area contributed by atoms with E-state index < -0.39 is 10.0 Å². The number of hydrogen-bond acceptors (Lipinski definition) is 4. The van der Waals surface area contributed by atoms with Crippen molar-refractivity contribution < 1.29 is 13.2 Å². The normalized spacial score (nSPS) is 15.5. The van der Waals surface area contributed by atoms with Gasteiger partial charge in [0.2, 0.25) is 5.91 Å². The summed E-state index contributed by atoms with van der Waals surface area (Å²) in [6.45, 7) is 1.88. The zero-order valence-electron chi connectivity index (χ0n) is 16.3. The molecule has 0 bridgehead atoms. The highest BCUT2D eigenvalue weighted by atomic mass is 32.2. The number of aryl methyl sites for hydroxylation is 1. The van der Waals surface area contributed by atoms with Crippen molar-refractivity contribution in [3.63, 3.8) is 0 Å². The number of amides is 1. The number of nitrogens with zero attached hydrogens (tertiary/aromatic N) is 2. The summed E-state index contributed by atoms with van der Waals surface area (Å²) in [6, 6.07) is 13.7. The quantitative estimate of drug-likeness (QED) is 0.656. The Kier molecular flexibility index (Phi) is 7.26. The second kappa shape index (κ2) is 9.67. The third kappa shape index (κ3) is 5.43.